The van der Waals surface area contributed by atoms with Gasteiger partial charge < -0.3 is 14.9 Å². The van der Waals surface area contributed by atoms with Crippen molar-refractivity contribution in [2.24, 2.45) is 0 Å². The monoisotopic (exact) mass is 385 g/mol. The molecule has 7 nitrogen and oxygen atoms in total. The molecule has 8 heteroatoms. The maximum Gasteiger partial charge on any atom is 0.237 e. The second kappa shape index (κ2) is 6.68. The molecule has 3 aromatic rings. The van der Waals surface area contributed by atoms with Crippen LogP contribution in [0.1, 0.15) is 16.8 Å². The van der Waals surface area contributed by atoms with E-state index in [1.807, 2.05) is 25.1 Å². The van der Waals surface area contributed by atoms with Crippen molar-refractivity contribution in [2.75, 3.05) is 5.73 Å². The van der Waals surface area contributed by atoms with Gasteiger partial charge in [-0.15, -0.1) is 0 Å². The molecule has 0 amide bonds. The van der Waals surface area contributed by atoms with Crippen LogP contribution in [0.15, 0.2) is 39.5 Å². The number of nitriles is 1. The van der Waals surface area contributed by atoms with Crippen LogP contribution >= 0.6 is 15.9 Å². The number of halogens is 1. The molecule has 0 fully saturated rings. The zero-order valence-corrected chi connectivity index (χ0v) is 14.2. The molecule has 0 aliphatic heterocycles. The molecular formula is C16H12BrN5O2. The van der Waals surface area contributed by atoms with E-state index >= 15 is 0 Å². The molecule has 2 N–H and O–H groups in total. The van der Waals surface area contributed by atoms with Crippen LogP contribution in [0.25, 0.3) is 11.5 Å². The number of anilines is 1. The van der Waals surface area contributed by atoms with Crippen LogP contribution in [0.2, 0.25) is 0 Å². The number of nitrogen functional groups attached to an aromatic ring is 1. The second-order valence-corrected chi connectivity index (χ2v) is 5.82. The minimum Gasteiger partial charge on any atom is -0.470 e. The lowest BCUT2D eigenvalue weighted by atomic mass is 10.2. The fourth-order valence-corrected chi connectivity index (χ4v) is 2.39. The molecule has 0 aliphatic rings. The number of hydrogen-bond donors (Lipinski definition) is 1. The summed E-state index contributed by atoms with van der Waals surface area (Å²) < 4.78 is 11.8. The lowest BCUT2D eigenvalue weighted by Crippen LogP contribution is -2.07. The van der Waals surface area contributed by atoms with Crippen molar-refractivity contribution in [3.05, 3.63) is 52.0 Å². The Morgan fingerprint density at radius 2 is 2.25 bits per heavy atom. The lowest BCUT2D eigenvalue weighted by Gasteiger charge is -2.10. The van der Waals surface area contributed by atoms with E-state index in [-0.39, 0.29) is 29.7 Å². The van der Waals surface area contributed by atoms with E-state index in [1.165, 1.54) is 6.26 Å². The Morgan fingerprint density at radius 1 is 1.42 bits per heavy atom. The predicted octanol–water partition coefficient (Wildman–Crippen LogP) is 3.24. The average molecular weight is 386 g/mol. The third kappa shape index (κ3) is 3.21. The highest BCUT2D eigenvalue weighted by atomic mass is 79.9. The summed E-state index contributed by atoms with van der Waals surface area (Å²) in [4.78, 5) is 12.4. The maximum atomic E-state index is 9.49. The smallest absolute Gasteiger partial charge is 0.237 e. The van der Waals surface area contributed by atoms with Crippen LogP contribution in [0.4, 0.5) is 5.95 Å². The third-order valence-corrected chi connectivity index (χ3v) is 3.69. The van der Waals surface area contributed by atoms with Gasteiger partial charge in [-0.1, -0.05) is 6.07 Å². The number of rotatable bonds is 4. The standard InChI is InChI=1S/C16H12BrN5O2/c1-9-3-2-4-20-12(9)8-24-15-11(6-18)14(21-16(19)22-15)13-5-10(17)7-23-13/h2-5,7H,8H2,1H3,(H2,19,21,22). The molecule has 0 saturated heterocycles. The number of hydrogen-bond acceptors (Lipinski definition) is 7. The molecule has 0 saturated carbocycles. The summed E-state index contributed by atoms with van der Waals surface area (Å²) in [5.41, 5.74) is 7.91. The summed E-state index contributed by atoms with van der Waals surface area (Å²) in [6.45, 7) is 2.09. The number of nitrogens with two attached hydrogens (primary N) is 1. The van der Waals surface area contributed by atoms with Gasteiger partial charge in [0.2, 0.25) is 11.8 Å². The van der Waals surface area contributed by atoms with Gasteiger partial charge in [-0.2, -0.15) is 10.2 Å². The molecule has 3 aromatic heterocycles. The van der Waals surface area contributed by atoms with Crippen LogP contribution in [0, 0.1) is 18.3 Å². The number of pyridine rings is 1. The van der Waals surface area contributed by atoms with Crippen molar-refractivity contribution >= 4 is 21.9 Å². The van der Waals surface area contributed by atoms with Gasteiger partial charge in [0, 0.05) is 12.3 Å². The summed E-state index contributed by atoms with van der Waals surface area (Å²) in [5.74, 6) is 0.480. The Balaban J connectivity index is 1.98. The number of aryl methyl sites for hydroxylation is 1. The summed E-state index contributed by atoms with van der Waals surface area (Å²) in [6.07, 6.45) is 3.17. The lowest BCUT2D eigenvalue weighted by molar-refractivity contribution is 0.287. The number of aromatic nitrogens is 3. The van der Waals surface area contributed by atoms with Crippen molar-refractivity contribution in [2.45, 2.75) is 13.5 Å². The van der Waals surface area contributed by atoms with Crippen LogP contribution in [-0.4, -0.2) is 15.0 Å². The van der Waals surface area contributed by atoms with E-state index in [9.17, 15) is 5.26 Å². The third-order valence-electron chi connectivity index (χ3n) is 3.27. The van der Waals surface area contributed by atoms with E-state index < -0.39 is 0 Å². The van der Waals surface area contributed by atoms with Crippen molar-refractivity contribution in [3.8, 4) is 23.4 Å². The Morgan fingerprint density at radius 3 is 2.92 bits per heavy atom. The molecule has 0 bridgehead atoms. The first-order chi connectivity index (χ1) is 11.6. The fourth-order valence-electron chi connectivity index (χ4n) is 2.08. The quantitative estimate of drug-likeness (QED) is 0.733. The molecule has 0 aliphatic carbocycles. The van der Waals surface area contributed by atoms with Crippen molar-refractivity contribution in [1.82, 2.24) is 15.0 Å². The van der Waals surface area contributed by atoms with Crippen LogP contribution in [0.3, 0.4) is 0 Å². The summed E-state index contributed by atoms with van der Waals surface area (Å²) in [5, 5.41) is 9.49. The van der Waals surface area contributed by atoms with Gasteiger partial charge in [0.05, 0.1) is 10.2 Å². The predicted molar refractivity (Wildman–Crippen MR) is 89.9 cm³/mol. The molecule has 0 aromatic carbocycles. The highest BCUT2D eigenvalue weighted by molar-refractivity contribution is 9.10. The molecule has 120 valence electrons. The molecule has 0 atom stereocenters. The molecule has 3 heterocycles. The Bertz CT molecular complexity index is 932. The van der Waals surface area contributed by atoms with Gasteiger partial charge in [-0.25, -0.2) is 4.98 Å². The average Bonchev–Trinajstić information content (AvgIpc) is 3.00. The van der Waals surface area contributed by atoms with Gasteiger partial charge in [0.15, 0.2) is 5.76 Å². The van der Waals surface area contributed by atoms with Gasteiger partial charge in [0.25, 0.3) is 0 Å². The molecular weight excluding hydrogens is 374 g/mol. The van der Waals surface area contributed by atoms with Crippen molar-refractivity contribution in [3.63, 3.8) is 0 Å². The first kappa shape index (κ1) is 16.0. The SMILES string of the molecule is Cc1cccnc1COc1nc(N)nc(-c2cc(Br)co2)c1C#N. The second-order valence-electron chi connectivity index (χ2n) is 4.91. The highest BCUT2D eigenvalue weighted by Gasteiger charge is 2.19. The first-order valence-electron chi connectivity index (χ1n) is 6.94. The Kier molecular flexibility index (Phi) is 4.44. The van der Waals surface area contributed by atoms with Gasteiger partial charge in [-0.3, -0.25) is 4.98 Å². The zero-order valence-electron chi connectivity index (χ0n) is 12.7. The van der Waals surface area contributed by atoms with Crippen LogP contribution in [-0.2, 0) is 6.61 Å². The van der Waals surface area contributed by atoms with Gasteiger partial charge >= 0.3 is 0 Å². The van der Waals surface area contributed by atoms with Gasteiger partial charge in [-0.05, 0) is 34.5 Å². The Labute approximate surface area is 146 Å². The molecule has 0 spiro atoms. The largest absolute Gasteiger partial charge is 0.470 e. The fraction of sp³-hybridized carbons (Fsp3) is 0.125. The van der Waals surface area contributed by atoms with E-state index in [0.29, 0.717) is 5.76 Å². The van der Waals surface area contributed by atoms with Crippen molar-refractivity contribution < 1.29 is 9.15 Å². The molecule has 24 heavy (non-hydrogen) atoms. The van der Waals surface area contributed by atoms with E-state index in [4.69, 9.17) is 14.9 Å². The van der Waals surface area contributed by atoms with E-state index in [2.05, 4.69) is 30.9 Å². The summed E-state index contributed by atoms with van der Waals surface area (Å²) in [7, 11) is 0. The van der Waals surface area contributed by atoms with E-state index in [1.54, 1.807) is 12.3 Å². The highest BCUT2D eigenvalue weighted by Crippen LogP contribution is 2.31. The topological polar surface area (TPSA) is 111 Å². The molecule has 0 unspecified atom stereocenters. The number of ether oxygens (including phenoxy) is 1. The first-order valence-corrected chi connectivity index (χ1v) is 7.73. The van der Waals surface area contributed by atoms with Gasteiger partial charge in [0.1, 0.15) is 30.2 Å². The van der Waals surface area contributed by atoms with Crippen LogP contribution < -0.4 is 10.5 Å². The number of furan rings is 1. The Hall–Kier alpha value is -2.92. The summed E-state index contributed by atoms with van der Waals surface area (Å²) in [6, 6.07) is 7.51. The minimum absolute atomic E-state index is 0.00994. The van der Waals surface area contributed by atoms with Crippen molar-refractivity contribution in [1.29, 1.82) is 5.26 Å². The normalized spacial score (nSPS) is 10.4. The maximum absolute atomic E-state index is 9.49. The van der Waals surface area contributed by atoms with E-state index in [0.717, 1.165) is 15.7 Å². The number of nitrogens with zero attached hydrogens (tertiary/aromatic N) is 4. The summed E-state index contributed by atoms with van der Waals surface area (Å²) >= 11 is 3.29. The molecule has 3 rings (SSSR count). The minimum atomic E-state index is -0.00994. The van der Waals surface area contributed by atoms with Crippen LogP contribution in [0.5, 0.6) is 5.88 Å². The zero-order chi connectivity index (χ0) is 17.1. The molecule has 0 radical (unpaired) electrons.